The van der Waals surface area contributed by atoms with E-state index in [2.05, 4.69) is 47.1 Å². The van der Waals surface area contributed by atoms with Crippen LogP contribution in [0.5, 0.6) is 0 Å². The Hall–Kier alpha value is -1.16. The second-order valence-corrected chi connectivity index (χ2v) is 5.14. The predicted octanol–water partition coefficient (Wildman–Crippen LogP) is 1.71. The molecule has 1 aliphatic heterocycles. The number of anilines is 1. The van der Waals surface area contributed by atoms with Crippen LogP contribution in [-0.4, -0.2) is 36.1 Å². The quantitative estimate of drug-likeness (QED) is 0.864. The lowest BCUT2D eigenvalue weighted by Gasteiger charge is -2.25. The fourth-order valence-electron chi connectivity index (χ4n) is 2.17. The van der Waals surface area contributed by atoms with Gasteiger partial charge in [-0.05, 0) is 19.9 Å². The van der Waals surface area contributed by atoms with Crippen LogP contribution in [0, 0.1) is 6.92 Å². The van der Waals surface area contributed by atoms with Crippen LogP contribution in [0.4, 0.5) is 5.82 Å². The van der Waals surface area contributed by atoms with Gasteiger partial charge in [-0.25, -0.2) is 9.97 Å². The van der Waals surface area contributed by atoms with E-state index < -0.39 is 0 Å². The third-order valence-corrected chi connectivity index (χ3v) is 3.32. The maximum Gasteiger partial charge on any atom is 0.133 e. The van der Waals surface area contributed by atoms with E-state index >= 15 is 0 Å². The van der Waals surface area contributed by atoms with E-state index in [1.54, 1.807) is 0 Å². The Kier molecular flexibility index (Phi) is 3.62. The summed E-state index contributed by atoms with van der Waals surface area (Å²) in [6.07, 6.45) is 1.19. The Balaban J connectivity index is 2.24. The lowest BCUT2D eigenvalue weighted by molar-refractivity contribution is 0.667. The summed E-state index contributed by atoms with van der Waals surface area (Å²) < 4.78 is 0. The number of aromatic nitrogens is 2. The Bertz CT molecular complexity index is 383. The van der Waals surface area contributed by atoms with Crippen LogP contribution in [-0.2, 0) is 0 Å². The molecule has 0 bridgehead atoms. The van der Waals surface area contributed by atoms with E-state index in [1.807, 2.05) is 6.92 Å². The summed E-state index contributed by atoms with van der Waals surface area (Å²) in [5.41, 5.74) is 1.05. The van der Waals surface area contributed by atoms with Crippen LogP contribution in [0.25, 0.3) is 0 Å². The van der Waals surface area contributed by atoms with Gasteiger partial charge in [0.25, 0.3) is 0 Å². The van der Waals surface area contributed by atoms with Crippen molar-refractivity contribution in [3.05, 3.63) is 17.6 Å². The molecule has 0 radical (unpaired) electrons. The van der Waals surface area contributed by atoms with Crippen molar-refractivity contribution in [2.24, 2.45) is 0 Å². The number of nitrogens with one attached hydrogen (secondary N) is 1. The molecule has 17 heavy (non-hydrogen) atoms. The normalized spacial score (nSPS) is 19.9. The molecule has 1 aliphatic rings. The number of rotatable bonds is 3. The smallest absolute Gasteiger partial charge is 0.133 e. The van der Waals surface area contributed by atoms with Crippen LogP contribution < -0.4 is 10.2 Å². The minimum Gasteiger partial charge on any atom is -0.355 e. The molecule has 1 atom stereocenters. The molecule has 2 heterocycles. The zero-order valence-electron chi connectivity index (χ0n) is 11.2. The molecule has 0 saturated carbocycles. The van der Waals surface area contributed by atoms with Gasteiger partial charge >= 0.3 is 0 Å². The summed E-state index contributed by atoms with van der Waals surface area (Å²) in [5.74, 6) is 2.37. The number of aryl methyl sites for hydroxylation is 1. The van der Waals surface area contributed by atoms with E-state index in [0.29, 0.717) is 12.0 Å². The van der Waals surface area contributed by atoms with Gasteiger partial charge in [-0.1, -0.05) is 13.8 Å². The highest BCUT2D eigenvalue weighted by Gasteiger charge is 2.21. The molecule has 1 N–H and O–H groups in total. The summed E-state index contributed by atoms with van der Waals surface area (Å²) in [7, 11) is 2.13. The third kappa shape index (κ3) is 2.75. The number of likely N-dealkylation sites (N-methyl/N-ethyl adjacent to an activating group) is 1. The Labute approximate surface area is 103 Å². The largest absolute Gasteiger partial charge is 0.355 e. The highest BCUT2D eigenvalue weighted by Crippen LogP contribution is 2.19. The highest BCUT2D eigenvalue weighted by atomic mass is 15.2. The Morgan fingerprint density at radius 2 is 2.18 bits per heavy atom. The summed E-state index contributed by atoms with van der Waals surface area (Å²) in [4.78, 5) is 11.4. The first-order chi connectivity index (χ1) is 8.08. The monoisotopic (exact) mass is 234 g/mol. The summed E-state index contributed by atoms with van der Waals surface area (Å²) >= 11 is 0. The zero-order chi connectivity index (χ0) is 12.4. The molecule has 1 saturated heterocycles. The SMILES string of the molecule is Cc1cc(N(C)C2CCNC2)nc(C(C)C)n1. The second-order valence-electron chi connectivity index (χ2n) is 5.14. The molecule has 0 amide bonds. The Morgan fingerprint density at radius 3 is 2.76 bits per heavy atom. The second kappa shape index (κ2) is 5.00. The van der Waals surface area contributed by atoms with Gasteiger partial charge in [0.05, 0.1) is 0 Å². The molecule has 1 unspecified atom stereocenters. The average molecular weight is 234 g/mol. The van der Waals surface area contributed by atoms with Crippen LogP contribution in [0.1, 0.15) is 37.7 Å². The van der Waals surface area contributed by atoms with Crippen LogP contribution in [0.2, 0.25) is 0 Å². The topological polar surface area (TPSA) is 41.0 Å². The van der Waals surface area contributed by atoms with Gasteiger partial charge < -0.3 is 10.2 Å². The van der Waals surface area contributed by atoms with Gasteiger partial charge in [0.15, 0.2) is 0 Å². The van der Waals surface area contributed by atoms with Crippen molar-refractivity contribution in [2.75, 3.05) is 25.0 Å². The minimum absolute atomic E-state index is 0.378. The zero-order valence-corrected chi connectivity index (χ0v) is 11.2. The van der Waals surface area contributed by atoms with Gasteiger partial charge in [0, 0.05) is 37.3 Å². The minimum atomic E-state index is 0.378. The molecule has 4 heteroatoms. The molecule has 4 nitrogen and oxygen atoms in total. The van der Waals surface area contributed by atoms with Crippen molar-refractivity contribution >= 4 is 5.82 Å². The first kappa shape index (κ1) is 12.3. The molecule has 0 aromatic carbocycles. The Morgan fingerprint density at radius 1 is 1.41 bits per heavy atom. The number of hydrogen-bond acceptors (Lipinski definition) is 4. The maximum absolute atomic E-state index is 4.66. The van der Waals surface area contributed by atoms with E-state index in [4.69, 9.17) is 0 Å². The van der Waals surface area contributed by atoms with Crippen molar-refractivity contribution in [3.63, 3.8) is 0 Å². The maximum atomic E-state index is 4.66. The molecule has 1 aromatic heterocycles. The van der Waals surface area contributed by atoms with Crippen LogP contribution >= 0.6 is 0 Å². The van der Waals surface area contributed by atoms with Crippen LogP contribution in [0.15, 0.2) is 6.07 Å². The van der Waals surface area contributed by atoms with Gasteiger partial charge in [0.1, 0.15) is 11.6 Å². The molecule has 94 valence electrons. The first-order valence-corrected chi connectivity index (χ1v) is 6.37. The lowest BCUT2D eigenvalue weighted by atomic mass is 10.2. The van der Waals surface area contributed by atoms with Gasteiger partial charge in [0.2, 0.25) is 0 Å². The summed E-state index contributed by atoms with van der Waals surface area (Å²) in [5, 5.41) is 3.39. The predicted molar refractivity (Wildman–Crippen MR) is 70.5 cm³/mol. The van der Waals surface area contributed by atoms with Crippen LogP contribution in [0.3, 0.4) is 0 Å². The molecular weight excluding hydrogens is 212 g/mol. The van der Waals surface area contributed by atoms with Crippen molar-refractivity contribution < 1.29 is 0 Å². The number of hydrogen-bond donors (Lipinski definition) is 1. The standard InChI is InChI=1S/C13H22N4/c1-9(2)13-15-10(3)7-12(16-13)17(4)11-5-6-14-8-11/h7,9,11,14H,5-6,8H2,1-4H3. The molecule has 0 spiro atoms. The first-order valence-electron chi connectivity index (χ1n) is 6.37. The summed E-state index contributed by atoms with van der Waals surface area (Å²) in [6.45, 7) is 8.47. The molecule has 1 aromatic rings. The molecule has 0 aliphatic carbocycles. The lowest BCUT2D eigenvalue weighted by Crippen LogP contribution is -2.34. The molecule has 1 fully saturated rings. The third-order valence-electron chi connectivity index (χ3n) is 3.32. The molecular formula is C13H22N4. The van der Waals surface area contributed by atoms with Gasteiger partial charge in [-0.15, -0.1) is 0 Å². The highest BCUT2D eigenvalue weighted by molar-refractivity contribution is 5.40. The van der Waals surface area contributed by atoms with Gasteiger partial charge in [-0.2, -0.15) is 0 Å². The fraction of sp³-hybridized carbons (Fsp3) is 0.692. The van der Waals surface area contributed by atoms with Crippen molar-refractivity contribution in [3.8, 4) is 0 Å². The van der Waals surface area contributed by atoms with Gasteiger partial charge in [-0.3, -0.25) is 0 Å². The average Bonchev–Trinajstić information content (AvgIpc) is 2.80. The van der Waals surface area contributed by atoms with Crippen molar-refractivity contribution in [1.82, 2.24) is 15.3 Å². The summed E-state index contributed by atoms with van der Waals surface area (Å²) in [6, 6.07) is 2.63. The van der Waals surface area contributed by atoms with Crippen molar-refractivity contribution in [2.45, 2.75) is 39.2 Å². The van der Waals surface area contributed by atoms with E-state index in [1.165, 1.54) is 6.42 Å². The fourth-order valence-corrected chi connectivity index (χ4v) is 2.17. The van der Waals surface area contributed by atoms with E-state index in [9.17, 15) is 0 Å². The van der Waals surface area contributed by atoms with E-state index in [0.717, 1.165) is 30.4 Å². The molecule has 2 rings (SSSR count). The van der Waals surface area contributed by atoms with E-state index in [-0.39, 0.29) is 0 Å². The van der Waals surface area contributed by atoms with Crippen molar-refractivity contribution in [1.29, 1.82) is 0 Å². The number of nitrogens with zero attached hydrogens (tertiary/aromatic N) is 3.